The first-order chi connectivity index (χ1) is 13.0. The van der Waals surface area contributed by atoms with Gasteiger partial charge in [0.15, 0.2) is 6.29 Å². The highest BCUT2D eigenvalue weighted by molar-refractivity contribution is 6.08. The molecule has 1 heterocycles. The van der Waals surface area contributed by atoms with Crippen molar-refractivity contribution in [2.75, 3.05) is 6.61 Å². The van der Waals surface area contributed by atoms with E-state index >= 15 is 0 Å². The molecule has 3 atom stereocenters. The van der Waals surface area contributed by atoms with Crippen LogP contribution in [-0.4, -0.2) is 41.9 Å². The van der Waals surface area contributed by atoms with Crippen molar-refractivity contribution < 1.29 is 19.4 Å². The number of aliphatic hydroxyl groups excluding tert-OH is 1. The first-order valence-electron chi connectivity index (χ1n) is 9.34. The molecule has 27 heavy (non-hydrogen) atoms. The largest absolute Gasteiger partial charge is 0.366 e. The molecule has 6 nitrogen and oxygen atoms in total. The molecule has 0 spiro atoms. The smallest absolute Gasteiger partial charge is 0.252 e. The third-order valence-electron chi connectivity index (χ3n) is 4.75. The van der Waals surface area contributed by atoms with Gasteiger partial charge in [0.1, 0.15) is 6.04 Å². The van der Waals surface area contributed by atoms with Gasteiger partial charge in [-0.05, 0) is 35.6 Å². The lowest BCUT2D eigenvalue weighted by molar-refractivity contribution is -0.127. The fraction of sp³-hybridized carbons (Fsp3) is 0.429. The van der Waals surface area contributed by atoms with Crippen LogP contribution in [0, 0.1) is 5.92 Å². The fourth-order valence-electron chi connectivity index (χ4n) is 3.36. The number of ether oxygens (including phenoxy) is 1. The molecule has 0 aromatic heterocycles. The molecule has 0 radical (unpaired) electrons. The summed E-state index contributed by atoms with van der Waals surface area (Å²) < 4.78 is 5.08. The van der Waals surface area contributed by atoms with Crippen LogP contribution >= 0.6 is 0 Å². The summed E-state index contributed by atoms with van der Waals surface area (Å²) in [5.41, 5.74) is 0.541. The second-order valence-electron chi connectivity index (χ2n) is 7.35. The molecular formula is C21H26N2O4. The second-order valence-corrected chi connectivity index (χ2v) is 7.35. The molecule has 3 rings (SSSR count). The van der Waals surface area contributed by atoms with Crippen LogP contribution in [0.15, 0.2) is 42.5 Å². The normalized spacial score (nSPS) is 20.6. The Morgan fingerprint density at radius 1 is 1.19 bits per heavy atom. The Bertz CT molecular complexity index is 815. The number of carbonyl (C=O) groups excluding carboxylic acids is 2. The maximum atomic E-state index is 12.9. The molecule has 2 aromatic carbocycles. The van der Waals surface area contributed by atoms with Gasteiger partial charge in [-0.25, -0.2) is 0 Å². The number of aliphatic hydroxyl groups is 1. The van der Waals surface area contributed by atoms with Gasteiger partial charge in [0, 0.05) is 5.56 Å². The van der Waals surface area contributed by atoms with Crippen molar-refractivity contribution in [3.8, 4) is 0 Å². The van der Waals surface area contributed by atoms with Crippen molar-refractivity contribution >= 4 is 22.6 Å². The highest BCUT2D eigenvalue weighted by Crippen LogP contribution is 2.19. The minimum absolute atomic E-state index is 0.221. The van der Waals surface area contributed by atoms with E-state index in [2.05, 4.69) is 10.6 Å². The zero-order valence-electron chi connectivity index (χ0n) is 15.6. The van der Waals surface area contributed by atoms with Gasteiger partial charge in [-0.15, -0.1) is 0 Å². The molecule has 6 heteroatoms. The van der Waals surface area contributed by atoms with Gasteiger partial charge in [-0.3, -0.25) is 9.59 Å². The van der Waals surface area contributed by atoms with E-state index in [0.29, 0.717) is 25.0 Å². The van der Waals surface area contributed by atoms with Crippen LogP contribution in [-0.2, 0) is 9.53 Å². The molecule has 1 aliphatic rings. The minimum Gasteiger partial charge on any atom is -0.366 e. The van der Waals surface area contributed by atoms with E-state index in [1.165, 1.54) is 0 Å². The number of nitrogens with one attached hydrogen (secondary N) is 2. The SMILES string of the molecule is CC(C)CC(NC(=O)c1cccc2ccccc12)C(=O)N[C@H]1CCOC1O. The third-order valence-corrected chi connectivity index (χ3v) is 4.75. The Labute approximate surface area is 158 Å². The molecule has 0 saturated carbocycles. The summed E-state index contributed by atoms with van der Waals surface area (Å²) in [6, 6.07) is 12.1. The van der Waals surface area contributed by atoms with E-state index < -0.39 is 18.4 Å². The molecule has 2 amide bonds. The zero-order chi connectivity index (χ0) is 19.4. The van der Waals surface area contributed by atoms with Crippen molar-refractivity contribution in [1.29, 1.82) is 0 Å². The van der Waals surface area contributed by atoms with E-state index in [1.807, 2.05) is 50.2 Å². The van der Waals surface area contributed by atoms with Crippen molar-refractivity contribution in [1.82, 2.24) is 10.6 Å². The standard InChI is InChI=1S/C21H26N2O4/c1-13(2)12-18(20(25)22-17-10-11-27-21(17)26)23-19(24)16-9-5-7-14-6-3-4-8-15(14)16/h3-9,13,17-18,21,26H,10-12H2,1-2H3,(H,22,25)(H,23,24)/t17-,18?,21?/m0/s1. The van der Waals surface area contributed by atoms with E-state index in [9.17, 15) is 14.7 Å². The molecule has 2 unspecified atom stereocenters. The van der Waals surface area contributed by atoms with Crippen LogP contribution in [0.1, 0.15) is 37.0 Å². The number of hydrogen-bond acceptors (Lipinski definition) is 4. The van der Waals surface area contributed by atoms with Crippen LogP contribution in [0.3, 0.4) is 0 Å². The number of amides is 2. The summed E-state index contributed by atoms with van der Waals surface area (Å²) in [5.74, 6) is -0.360. The second kappa shape index (κ2) is 8.50. The van der Waals surface area contributed by atoms with E-state index in [-0.39, 0.29) is 17.7 Å². The third kappa shape index (κ3) is 4.64. The van der Waals surface area contributed by atoms with Crippen molar-refractivity contribution in [3.05, 3.63) is 48.0 Å². The molecular weight excluding hydrogens is 344 g/mol. The summed E-state index contributed by atoms with van der Waals surface area (Å²) >= 11 is 0. The predicted octanol–water partition coefficient (Wildman–Crippen LogP) is 2.21. The zero-order valence-corrected chi connectivity index (χ0v) is 15.6. The Balaban J connectivity index is 1.77. The van der Waals surface area contributed by atoms with Crippen LogP contribution < -0.4 is 10.6 Å². The van der Waals surface area contributed by atoms with Gasteiger partial charge >= 0.3 is 0 Å². The Morgan fingerprint density at radius 2 is 1.93 bits per heavy atom. The average molecular weight is 370 g/mol. The number of rotatable bonds is 6. The highest BCUT2D eigenvalue weighted by Gasteiger charge is 2.31. The maximum absolute atomic E-state index is 12.9. The fourth-order valence-corrected chi connectivity index (χ4v) is 3.36. The maximum Gasteiger partial charge on any atom is 0.252 e. The lowest BCUT2D eigenvalue weighted by atomic mass is 10.0. The molecule has 1 saturated heterocycles. The Morgan fingerprint density at radius 3 is 2.63 bits per heavy atom. The predicted molar refractivity (Wildman–Crippen MR) is 103 cm³/mol. The Hall–Kier alpha value is -2.44. The summed E-state index contributed by atoms with van der Waals surface area (Å²) in [7, 11) is 0. The van der Waals surface area contributed by atoms with Crippen LogP contribution in [0.2, 0.25) is 0 Å². The van der Waals surface area contributed by atoms with E-state index in [4.69, 9.17) is 4.74 Å². The van der Waals surface area contributed by atoms with Crippen molar-refractivity contribution in [2.45, 2.75) is 45.1 Å². The highest BCUT2D eigenvalue weighted by atomic mass is 16.6. The summed E-state index contributed by atoms with van der Waals surface area (Å²) in [6.45, 7) is 4.40. The first kappa shape index (κ1) is 19.3. The summed E-state index contributed by atoms with van der Waals surface area (Å²) in [4.78, 5) is 25.6. The van der Waals surface area contributed by atoms with Crippen LogP contribution in [0.25, 0.3) is 10.8 Å². The van der Waals surface area contributed by atoms with Crippen LogP contribution in [0.5, 0.6) is 0 Å². The molecule has 2 aromatic rings. The summed E-state index contributed by atoms with van der Waals surface area (Å²) in [6.07, 6.45) is 0.0623. The van der Waals surface area contributed by atoms with E-state index in [1.54, 1.807) is 6.07 Å². The Kier molecular flexibility index (Phi) is 6.08. The molecule has 3 N–H and O–H groups in total. The number of benzene rings is 2. The van der Waals surface area contributed by atoms with E-state index in [0.717, 1.165) is 10.8 Å². The minimum atomic E-state index is -0.998. The molecule has 0 bridgehead atoms. The summed E-state index contributed by atoms with van der Waals surface area (Å²) in [5, 5.41) is 17.2. The van der Waals surface area contributed by atoms with Gasteiger partial charge in [-0.1, -0.05) is 50.2 Å². The van der Waals surface area contributed by atoms with Gasteiger partial charge in [-0.2, -0.15) is 0 Å². The van der Waals surface area contributed by atoms with Crippen molar-refractivity contribution in [2.24, 2.45) is 5.92 Å². The monoisotopic (exact) mass is 370 g/mol. The lowest BCUT2D eigenvalue weighted by Crippen LogP contribution is -2.51. The molecule has 144 valence electrons. The van der Waals surface area contributed by atoms with Crippen LogP contribution in [0.4, 0.5) is 0 Å². The first-order valence-corrected chi connectivity index (χ1v) is 9.34. The molecule has 1 fully saturated rings. The van der Waals surface area contributed by atoms with Gasteiger partial charge in [0.25, 0.3) is 5.91 Å². The van der Waals surface area contributed by atoms with Gasteiger partial charge in [0.05, 0.1) is 12.6 Å². The quantitative estimate of drug-likeness (QED) is 0.727. The van der Waals surface area contributed by atoms with Gasteiger partial charge in [0.2, 0.25) is 5.91 Å². The molecule has 1 aliphatic heterocycles. The number of hydrogen-bond donors (Lipinski definition) is 3. The lowest BCUT2D eigenvalue weighted by Gasteiger charge is -2.23. The topological polar surface area (TPSA) is 87.7 Å². The molecule has 0 aliphatic carbocycles. The number of carbonyl (C=O) groups is 2. The van der Waals surface area contributed by atoms with Crippen molar-refractivity contribution in [3.63, 3.8) is 0 Å². The average Bonchev–Trinajstić information content (AvgIpc) is 3.04. The number of fused-ring (bicyclic) bond motifs is 1. The van der Waals surface area contributed by atoms with Gasteiger partial charge < -0.3 is 20.5 Å².